The van der Waals surface area contributed by atoms with Crippen molar-refractivity contribution in [3.8, 4) is 49.1 Å². The Morgan fingerprint density at radius 2 is 0.941 bits per heavy atom. The number of para-hydroxylation sites is 2. The van der Waals surface area contributed by atoms with Crippen molar-refractivity contribution in [2.45, 2.75) is 0 Å². The van der Waals surface area contributed by atoms with E-state index in [2.05, 4.69) is 131 Å². The zero-order valence-corrected chi connectivity index (χ0v) is 28.7. The number of fused-ring (bicyclic) bond motifs is 5. The molecule has 0 aliphatic heterocycles. The first kappa shape index (κ1) is 29.5. The van der Waals surface area contributed by atoms with Crippen LogP contribution < -0.4 is 0 Å². The average Bonchev–Trinajstić information content (AvgIpc) is 3.92. The number of nitrogens with zero attached hydrogens (tertiary/aromatic N) is 4. The second kappa shape index (κ2) is 11.9. The van der Waals surface area contributed by atoms with E-state index in [9.17, 15) is 0 Å². The summed E-state index contributed by atoms with van der Waals surface area (Å²) in [5.74, 6) is 0. The van der Waals surface area contributed by atoms with Crippen LogP contribution in [0.3, 0.4) is 0 Å². The summed E-state index contributed by atoms with van der Waals surface area (Å²) in [5.41, 5.74) is 12.8. The quantitative estimate of drug-likeness (QED) is 0.169. The second-order valence-corrected chi connectivity index (χ2v) is 14.6. The van der Waals surface area contributed by atoms with Gasteiger partial charge in [0, 0.05) is 27.6 Å². The molecule has 7 aromatic carbocycles. The lowest BCUT2D eigenvalue weighted by Crippen LogP contribution is -1.94. The van der Waals surface area contributed by atoms with Crippen LogP contribution in [0.1, 0.15) is 0 Å². The summed E-state index contributed by atoms with van der Waals surface area (Å²) in [5, 5.41) is 4.42. The molecule has 51 heavy (non-hydrogen) atoms. The molecule has 0 unspecified atom stereocenters. The maximum absolute atomic E-state index is 7.35. The molecule has 0 radical (unpaired) electrons. The summed E-state index contributed by atoms with van der Waals surface area (Å²) < 4.78 is 4.75. The van der Waals surface area contributed by atoms with E-state index in [0.29, 0.717) is 5.69 Å². The van der Waals surface area contributed by atoms with E-state index >= 15 is 0 Å². The number of aromatic nitrogens is 3. The van der Waals surface area contributed by atoms with Crippen LogP contribution in [-0.4, -0.2) is 14.5 Å². The second-order valence-electron chi connectivity index (χ2n) is 12.6. The molecule has 0 saturated heterocycles. The fourth-order valence-corrected chi connectivity index (χ4v) is 8.90. The number of hydrogen-bond acceptors (Lipinski definition) is 4. The van der Waals surface area contributed by atoms with Crippen molar-refractivity contribution in [1.82, 2.24) is 14.5 Å². The SMILES string of the molecule is [C-]#[N+]c1cccc(-c2ccc(-c3ccc(-n4c5ccc(-c6nc7ccccc7s6)cc5c5cc(-c6nc7ccccc7s6)ccc54)cc3)cc2)c1. The molecule has 0 aliphatic rings. The van der Waals surface area contributed by atoms with Gasteiger partial charge in [0.1, 0.15) is 10.0 Å². The predicted molar refractivity (Wildman–Crippen MR) is 215 cm³/mol. The van der Waals surface area contributed by atoms with Gasteiger partial charge in [-0.05, 0) is 101 Å². The molecule has 6 heteroatoms. The average molecular weight is 687 g/mol. The molecule has 10 aromatic rings. The Hall–Kier alpha value is -6.39. The molecule has 0 atom stereocenters. The monoisotopic (exact) mass is 686 g/mol. The largest absolute Gasteiger partial charge is 0.309 e. The first-order chi connectivity index (χ1) is 25.2. The molecule has 3 aromatic heterocycles. The van der Waals surface area contributed by atoms with Crippen molar-refractivity contribution < 1.29 is 0 Å². The highest BCUT2D eigenvalue weighted by atomic mass is 32.1. The summed E-state index contributed by atoms with van der Waals surface area (Å²) >= 11 is 3.47. The summed E-state index contributed by atoms with van der Waals surface area (Å²) in [6, 6.07) is 55.3. The normalized spacial score (nSPS) is 11.5. The van der Waals surface area contributed by atoms with E-state index in [-0.39, 0.29) is 0 Å². The van der Waals surface area contributed by atoms with Crippen LogP contribution in [-0.2, 0) is 0 Å². The Morgan fingerprint density at radius 1 is 0.451 bits per heavy atom. The van der Waals surface area contributed by atoms with Crippen LogP contribution in [0.15, 0.2) is 158 Å². The highest BCUT2D eigenvalue weighted by molar-refractivity contribution is 7.22. The van der Waals surface area contributed by atoms with Gasteiger partial charge >= 0.3 is 0 Å². The molecule has 0 saturated carbocycles. The van der Waals surface area contributed by atoms with Gasteiger partial charge in [-0.3, -0.25) is 0 Å². The molecular weight excluding hydrogens is 661 g/mol. The lowest BCUT2D eigenvalue weighted by Gasteiger charge is -2.10. The maximum atomic E-state index is 7.35. The van der Waals surface area contributed by atoms with Crippen molar-refractivity contribution in [3.63, 3.8) is 0 Å². The van der Waals surface area contributed by atoms with Crippen molar-refractivity contribution in [2.24, 2.45) is 0 Å². The molecule has 0 fully saturated rings. The van der Waals surface area contributed by atoms with Gasteiger partial charge in [-0.25, -0.2) is 14.8 Å². The van der Waals surface area contributed by atoms with E-state index in [1.165, 1.54) is 20.2 Å². The Balaban J connectivity index is 1.08. The van der Waals surface area contributed by atoms with Crippen LogP contribution in [0, 0.1) is 6.57 Å². The Labute approximate surface area is 302 Å². The van der Waals surface area contributed by atoms with Crippen LogP contribution >= 0.6 is 22.7 Å². The lowest BCUT2D eigenvalue weighted by molar-refractivity contribution is 1.18. The fourth-order valence-electron chi connectivity index (χ4n) is 6.97. The predicted octanol–water partition coefficient (Wildman–Crippen LogP) is 13.2. The van der Waals surface area contributed by atoms with Crippen LogP contribution in [0.4, 0.5) is 5.69 Å². The summed E-state index contributed by atoms with van der Waals surface area (Å²) in [6.45, 7) is 7.35. The first-order valence-corrected chi connectivity index (χ1v) is 18.3. The van der Waals surface area contributed by atoms with Crippen molar-refractivity contribution >= 4 is 70.6 Å². The van der Waals surface area contributed by atoms with Gasteiger partial charge in [0.05, 0.1) is 38.0 Å². The van der Waals surface area contributed by atoms with E-state index < -0.39 is 0 Å². The number of rotatable bonds is 5. The molecule has 10 rings (SSSR count). The van der Waals surface area contributed by atoms with Gasteiger partial charge in [-0.15, -0.1) is 22.7 Å². The van der Waals surface area contributed by atoms with Gasteiger partial charge in [-0.2, -0.15) is 0 Å². The summed E-state index contributed by atoms with van der Waals surface area (Å²) in [6.07, 6.45) is 0. The third kappa shape index (κ3) is 5.11. The first-order valence-electron chi connectivity index (χ1n) is 16.7. The van der Waals surface area contributed by atoms with E-state index in [1.54, 1.807) is 22.7 Å². The zero-order valence-electron chi connectivity index (χ0n) is 27.1. The standard InChI is InChI=1S/C45H26N4S2/c1-46-34-8-6-7-31(25-34)30-15-13-28(14-16-30)29-17-21-35(22-18-29)49-40-23-19-32(44-47-38-9-2-4-11-42(38)50-44)26-36(40)37-27-33(20-24-41(37)49)45-48-39-10-3-5-12-43(39)51-45/h2-27H. The third-order valence-electron chi connectivity index (χ3n) is 9.50. The van der Waals surface area contributed by atoms with Crippen LogP contribution in [0.25, 0.3) is 96.2 Å². The molecule has 4 nitrogen and oxygen atoms in total. The molecule has 0 bridgehead atoms. The van der Waals surface area contributed by atoms with Crippen molar-refractivity contribution in [1.29, 1.82) is 0 Å². The zero-order chi connectivity index (χ0) is 33.9. The minimum Gasteiger partial charge on any atom is -0.309 e. The summed E-state index contributed by atoms with van der Waals surface area (Å²) in [7, 11) is 0. The van der Waals surface area contributed by atoms with Crippen LogP contribution in [0.5, 0.6) is 0 Å². The number of thiazole rings is 2. The smallest absolute Gasteiger partial charge is 0.187 e. The Bertz CT molecular complexity index is 2780. The van der Waals surface area contributed by atoms with Crippen molar-refractivity contribution in [3.05, 3.63) is 169 Å². The highest BCUT2D eigenvalue weighted by Crippen LogP contribution is 2.40. The topological polar surface area (TPSA) is 35.1 Å². The molecule has 0 spiro atoms. The van der Waals surface area contributed by atoms with Crippen LogP contribution in [0.2, 0.25) is 0 Å². The van der Waals surface area contributed by atoms with Gasteiger partial charge in [0.25, 0.3) is 0 Å². The van der Waals surface area contributed by atoms with E-state index in [0.717, 1.165) is 71.2 Å². The number of benzene rings is 7. The highest BCUT2D eigenvalue weighted by Gasteiger charge is 2.17. The maximum Gasteiger partial charge on any atom is 0.187 e. The Kier molecular flexibility index (Phi) is 6.88. The number of hydrogen-bond donors (Lipinski definition) is 0. The molecule has 3 heterocycles. The Morgan fingerprint density at radius 3 is 1.47 bits per heavy atom. The lowest BCUT2D eigenvalue weighted by atomic mass is 10.00. The van der Waals surface area contributed by atoms with Gasteiger partial charge < -0.3 is 4.57 Å². The van der Waals surface area contributed by atoms with Gasteiger partial charge in [-0.1, -0.05) is 78.9 Å². The fraction of sp³-hybridized carbons (Fsp3) is 0. The van der Waals surface area contributed by atoms with E-state index in [4.69, 9.17) is 16.5 Å². The molecule has 0 N–H and O–H groups in total. The molecule has 238 valence electrons. The molecule has 0 amide bonds. The minimum absolute atomic E-state index is 0.651. The summed E-state index contributed by atoms with van der Waals surface area (Å²) in [4.78, 5) is 13.6. The van der Waals surface area contributed by atoms with Gasteiger partial charge in [0.2, 0.25) is 0 Å². The third-order valence-corrected chi connectivity index (χ3v) is 11.7. The van der Waals surface area contributed by atoms with Gasteiger partial charge in [0.15, 0.2) is 5.69 Å². The minimum atomic E-state index is 0.651. The molecular formula is C45H26N4S2. The van der Waals surface area contributed by atoms with Crippen molar-refractivity contribution in [2.75, 3.05) is 0 Å². The molecule has 0 aliphatic carbocycles. The van der Waals surface area contributed by atoms with E-state index in [1.807, 2.05) is 36.4 Å².